The molecule has 4 heteroatoms. The average molecular weight is 239 g/mol. The number of aliphatic hydroxyl groups excluding tert-OH is 1. The summed E-state index contributed by atoms with van der Waals surface area (Å²) in [6, 6.07) is 5.76. The van der Waals surface area contributed by atoms with E-state index in [1.807, 2.05) is 25.2 Å². The SMILES string of the molecule is CNCc1ccc(OC)cc1OCCC(C)O. The van der Waals surface area contributed by atoms with E-state index in [2.05, 4.69) is 5.32 Å². The van der Waals surface area contributed by atoms with Crippen LogP contribution >= 0.6 is 0 Å². The van der Waals surface area contributed by atoms with E-state index >= 15 is 0 Å². The van der Waals surface area contributed by atoms with Crippen LogP contribution < -0.4 is 14.8 Å². The maximum absolute atomic E-state index is 9.19. The Labute approximate surface area is 103 Å². The smallest absolute Gasteiger partial charge is 0.127 e. The molecule has 0 aliphatic heterocycles. The number of hydrogen-bond donors (Lipinski definition) is 2. The van der Waals surface area contributed by atoms with Gasteiger partial charge in [0.25, 0.3) is 0 Å². The highest BCUT2D eigenvalue weighted by Crippen LogP contribution is 2.25. The summed E-state index contributed by atoms with van der Waals surface area (Å²) < 4.78 is 10.8. The molecular formula is C13H21NO3. The standard InChI is InChI=1S/C13H21NO3/c1-10(15)6-7-17-13-8-12(16-3)5-4-11(13)9-14-2/h4-5,8,10,14-15H,6-7,9H2,1-3H3. The van der Waals surface area contributed by atoms with Gasteiger partial charge in [0.05, 0.1) is 19.8 Å². The monoisotopic (exact) mass is 239 g/mol. The van der Waals surface area contributed by atoms with Crippen LogP contribution in [0.25, 0.3) is 0 Å². The molecule has 0 heterocycles. The molecule has 0 saturated heterocycles. The van der Waals surface area contributed by atoms with Crippen molar-refractivity contribution in [1.82, 2.24) is 5.32 Å². The van der Waals surface area contributed by atoms with Crippen molar-refractivity contribution in [3.8, 4) is 11.5 Å². The molecule has 1 unspecified atom stereocenters. The van der Waals surface area contributed by atoms with Gasteiger partial charge in [-0.3, -0.25) is 0 Å². The molecule has 0 saturated carbocycles. The highest BCUT2D eigenvalue weighted by atomic mass is 16.5. The third-order valence-electron chi connectivity index (χ3n) is 2.43. The van der Waals surface area contributed by atoms with Crippen LogP contribution in [-0.4, -0.2) is 32.0 Å². The van der Waals surface area contributed by atoms with Crippen molar-refractivity contribution in [1.29, 1.82) is 0 Å². The fraction of sp³-hybridized carbons (Fsp3) is 0.538. The third-order valence-corrected chi connectivity index (χ3v) is 2.43. The first-order valence-corrected chi connectivity index (χ1v) is 5.79. The number of ether oxygens (including phenoxy) is 2. The summed E-state index contributed by atoms with van der Waals surface area (Å²) in [5, 5.41) is 12.3. The molecule has 0 fully saturated rings. The Morgan fingerprint density at radius 2 is 2.18 bits per heavy atom. The molecule has 1 aromatic carbocycles. The quantitative estimate of drug-likeness (QED) is 0.758. The van der Waals surface area contributed by atoms with Gasteiger partial charge < -0.3 is 19.9 Å². The van der Waals surface area contributed by atoms with Crippen LogP contribution in [0.4, 0.5) is 0 Å². The van der Waals surface area contributed by atoms with E-state index in [1.165, 1.54) is 0 Å². The Balaban J connectivity index is 2.70. The predicted octanol–water partition coefficient (Wildman–Crippen LogP) is 1.56. The van der Waals surface area contributed by atoms with E-state index in [-0.39, 0.29) is 6.10 Å². The summed E-state index contributed by atoms with van der Waals surface area (Å²) in [6.45, 7) is 3.00. The second-order valence-corrected chi connectivity index (χ2v) is 3.99. The van der Waals surface area contributed by atoms with Gasteiger partial charge in [-0.1, -0.05) is 6.07 Å². The number of benzene rings is 1. The second kappa shape index (κ2) is 7.14. The molecule has 0 amide bonds. The topological polar surface area (TPSA) is 50.7 Å². The van der Waals surface area contributed by atoms with Crippen LogP contribution in [0.3, 0.4) is 0 Å². The fourth-order valence-electron chi connectivity index (χ4n) is 1.47. The van der Waals surface area contributed by atoms with Gasteiger partial charge in [0.15, 0.2) is 0 Å². The van der Waals surface area contributed by atoms with Gasteiger partial charge in [-0.2, -0.15) is 0 Å². The minimum Gasteiger partial charge on any atom is -0.497 e. The normalized spacial score (nSPS) is 12.2. The molecule has 0 spiro atoms. The zero-order valence-corrected chi connectivity index (χ0v) is 10.7. The molecule has 4 nitrogen and oxygen atoms in total. The Kier molecular flexibility index (Phi) is 5.80. The van der Waals surface area contributed by atoms with Crippen molar-refractivity contribution in [3.63, 3.8) is 0 Å². The average Bonchev–Trinajstić information content (AvgIpc) is 2.31. The van der Waals surface area contributed by atoms with Gasteiger partial charge >= 0.3 is 0 Å². The van der Waals surface area contributed by atoms with Crippen LogP contribution in [0.1, 0.15) is 18.9 Å². The van der Waals surface area contributed by atoms with E-state index in [0.29, 0.717) is 13.0 Å². The van der Waals surface area contributed by atoms with E-state index in [1.54, 1.807) is 14.0 Å². The Hall–Kier alpha value is -1.26. The molecule has 0 bridgehead atoms. The summed E-state index contributed by atoms with van der Waals surface area (Å²) in [6.07, 6.45) is 0.282. The number of rotatable bonds is 7. The van der Waals surface area contributed by atoms with Crippen molar-refractivity contribution in [2.24, 2.45) is 0 Å². The molecule has 0 aromatic heterocycles. The minimum atomic E-state index is -0.339. The van der Waals surface area contributed by atoms with Crippen LogP contribution in [-0.2, 0) is 6.54 Å². The first kappa shape index (κ1) is 13.8. The van der Waals surface area contributed by atoms with Crippen LogP contribution in [0.15, 0.2) is 18.2 Å². The van der Waals surface area contributed by atoms with E-state index in [9.17, 15) is 5.11 Å². The summed E-state index contributed by atoms with van der Waals surface area (Å²) in [4.78, 5) is 0. The lowest BCUT2D eigenvalue weighted by Gasteiger charge is -2.13. The molecule has 1 aromatic rings. The Morgan fingerprint density at radius 3 is 2.76 bits per heavy atom. The van der Waals surface area contributed by atoms with E-state index in [0.717, 1.165) is 23.6 Å². The lowest BCUT2D eigenvalue weighted by Crippen LogP contribution is -2.11. The highest BCUT2D eigenvalue weighted by molar-refractivity contribution is 5.40. The Bertz CT molecular complexity index is 339. The lowest BCUT2D eigenvalue weighted by atomic mass is 10.2. The summed E-state index contributed by atoms with van der Waals surface area (Å²) in [7, 11) is 3.52. The van der Waals surface area contributed by atoms with Crippen molar-refractivity contribution >= 4 is 0 Å². The van der Waals surface area contributed by atoms with Gasteiger partial charge in [-0.25, -0.2) is 0 Å². The Morgan fingerprint density at radius 1 is 1.41 bits per heavy atom. The van der Waals surface area contributed by atoms with Gasteiger partial charge in [-0.05, 0) is 20.0 Å². The first-order valence-electron chi connectivity index (χ1n) is 5.79. The largest absolute Gasteiger partial charge is 0.497 e. The first-order chi connectivity index (χ1) is 8.17. The molecular weight excluding hydrogens is 218 g/mol. The van der Waals surface area contributed by atoms with Gasteiger partial charge in [0.1, 0.15) is 11.5 Å². The van der Waals surface area contributed by atoms with Crippen LogP contribution in [0.2, 0.25) is 0 Å². The van der Waals surface area contributed by atoms with Crippen molar-refractivity contribution < 1.29 is 14.6 Å². The minimum absolute atomic E-state index is 0.339. The summed E-state index contributed by atoms with van der Waals surface area (Å²) >= 11 is 0. The molecule has 17 heavy (non-hydrogen) atoms. The molecule has 96 valence electrons. The molecule has 0 aliphatic rings. The fourth-order valence-corrected chi connectivity index (χ4v) is 1.47. The van der Waals surface area contributed by atoms with Gasteiger partial charge in [0.2, 0.25) is 0 Å². The van der Waals surface area contributed by atoms with Crippen molar-refractivity contribution in [3.05, 3.63) is 23.8 Å². The van der Waals surface area contributed by atoms with Crippen molar-refractivity contribution in [2.75, 3.05) is 20.8 Å². The third kappa shape index (κ3) is 4.63. The summed E-state index contributed by atoms with van der Waals surface area (Å²) in [5.74, 6) is 1.58. The number of aliphatic hydroxyl groups is 1. The number of methoxy groups -OCH3 is 1. The lowest BCUT2D eigenvalue weighted by molar-refractivity contribution is 0.155. The van der Waals surface area contributed by atoms with Crippen molar-refractivity contribution in [2.45, 2.75) is 26.0 Å². The molecule has 2 N–H and O–H groups in total. The molecule has 0 aliphatic carbocycles. The zero-order chi connectivity index (χ0) is 12.7. The molecule has 1 rings (SSSR count). The zero-order valence-electron chi connectivity index (χ0n) is 10.7. The molecule has 0 radical (unpaired) electrons. The van der Waals surface area contributed by atoms with Crippen LogP contribution in [0.5, 0.6) is 11.5 Å². The highest BCUT2D eigenvalue weighted by Gasteiger charge is 2.06. The van der Waals surface area contributed by atoms with E-state index < -0.39 is 0 Å². The predicted molar refractivity (Wildman–Crippen MR) is 67.6 cm³/mol. The van der Waals surface area contributed by atoms with Crippen LogP contribution in [0, 0.1) is 0 Å². The maximum atomic E-state index is 9.19. The van der Waals surface area contributed by atoms with Gasteiger partial charge in [0, 0.05) is 24.6 Å². The number of nitrogens with one attached hydrogen (secondary N) is 1. The summed E-state index contributed by atoms with van der Waals surface area (Å²) in [5.41, 5.74) is 1.08. The van der Waals surface area contributed by atoms with E-state index in [4.69, 9.17) is 9.47 Å². The van der Waals surface area contributed by atoms with Gasteiger partial charge in [-0.15, -0.1) is 0 Å². The number of hydrogen-bond acceptors (Lipinski definition) is 4. The second-order valence-electron chi connectivity index (χ2n) is 3.99. The molecule has 1 atom stereocenters. The maximum Gasteiger partial charge on any atom is 0.127 e.